The van der Waals surface area contributed by atoms with E-state index in [4.69, 9.17) is 4.42 Å². The van der Waals surface area contributed by atoms with Crippen LogP contribution in [0.25, 0.3) is 0 Å². The summed E-state index contributed by atoms with van der Waals surface area (Å²) in [5.41, 5.74) is 0. The lowest BCUT2D eigenvalue weighted by atomic mass is 10.1. The summed E-state index contributed by atoms with van der Waals surface area (Å²) in [5, 5.41) is 0. The first-order valence-electron chi connectivity index (χ1n) is 9.65. The Hall–Kier alpha value is -3.34. The van der Waals surface area contributed by atoms with Crippen molar-refractivity contribution in [3.8, 4) is 0 Å². The molecule has 2 fully saturated rings. The zero-order valence-corrected chi connectivity index (χ0v) is 16.9. The van der Waals surface area contributed by atoms with Gasteiger partial charge in [-0.3, -0.25) is 29.1 Å². The van der Waals surface area contributed by atoms with Crippen LogP contribution in [-0.4, -0.2) is 119 Å². The third kappa shape index (κ3) is 3.52. The number of imide groups is 1. The highest BCUT2D eigenvalue weighted by molar-refractivity contribution is 6.21. The first-order chi connectivity index (χ1) is 14.4. The van der Waals surface area contributed by atoms with Gasteiger partial charge < -0.3 is 9.32 Å². The molecule has 4 amide bonds. The average molecular weight is 415 g/mol. The number of aliphatic imine (C=N–C) groups is 1. The fraction of sp³-hybridized carbons (Fsp3) is 0.474. The molecule has 158 valence electrons. The molecule has 0 saturated carbocycles. The lowest BCUT2D eigenvalue weighted by Crippen LogP contribution is -2.62. The zero-order valence-electron chi connectivity index (χ0n) is 16.9. The smallest absolute Gasteiger partial charge is 0.333 e. The number of furan rings is 1. The van der Waals surface area contributed by atoms with Crippen LogP contribution in [0.2, 0.25) is 0 Å². The van der Waals surface area contributed by atoms with E-state index < -0.39 is 18.0 Å². The first-order valence-corrected chi connectivity index (χ1v) is 9.65. The molecule has 0 aromatic carbocycles. The summed E-state index contributed by atoms with van der Waals surface area (Å²) in [7, 11) is 2.97. The molecular formula is C19H23N6O5+. The van der Waals surface area contributed by atoms with E-state index in [2.05, 4.69) is 4.99 Å². The molecule has 1 atom stereocenters. The number of rotatable bonds is 5. The van der Waals surface area contributed by atoms with E-state index in [-0.39, 0.29) is 24.8 Å². The normalized spacial score (nSPS) is 22.2. The van der Waals surface area contributed by atoms with Crippen molar-refractivity contribution in [1.29, 1.82) is 0 Å². The summed E-state index contributed by atoms with van der Waals surface area (Å²) in [6.07, 6.45) is 2.91. The van der Waals surface area contributed by atoms with Crippen molar-refractivity contribution in [2.75, 3.05) is 53.4 Å². The number of amides is 4. The maximum absolute atomic E-state index is 12.8. The van der Waals surface area contributed by atoms with Crippen LogP contribution in [-0.2, 0) is 9.59 Å². The van der Waals surface area contributed by atoms with Gasteiger partial charge in [-0.15, -0.1) is 0 Å². The van der Waals surface area contributed by atoms with Gasteiger partial charge in [-0.05, 0) is 17.1 Å². The lowest BCUT2D eigenvalue weighted by molar-refractivity contribution is -0.520. The number of urea groups is 1. The van der Waals surface area contributed by atoms with Crippen molar-refractivity contribution in [1.82, 2.24) is 19.6 Å². The molecule has 3 aliphatic rings. The van der Waals surface area contributed by atoms with Crippen molar-refractivity contribution in [2.45, 2.75) is 6.04 Å². The van der Waals surface area contributed by atoms with Crippen molar-refractivity contribution < 1.29 is 28.2 Å². The number of nitrogens with zero attached hydrogens (tertiary/aromatic N) is 6. The molecule has 1 aromatic rings. The minimum atomic E-state index is -0.770. The minimum absolute atomic E-state index is 0.00932. The number of Topliss-reactive ketones (excluding diaryl/α,β-unsaturated/α-hetero) is 1. The largest absolute Gasteiger partial charge is 0.461 e. The van der Waals surface area contributed by atoms with Crippen LogP contribution in [0.15, 0.2) is 27.8 Å². The Morgan fingerprint density at radius 3 is 2.57 bits per heavy atom. The van der Waals surface area contributed by atoms with Crippen molar-refractivity contribution in [3.63, 3.8) is 0 Å². The van der Waals surface area contributed by atoms with Crippen LogP contribution < -0.4 is 0 Å². The van der Waals surface area contributed by atoms with Crippen LogP contribution in [0.3, 0.4) is 0 Å². The van der Waals surface area contributed by atoms with Gasteiger partial charge >= 0.3 is 6.03 Å². The molecule has 4 heterocycles. The van der Waals surface area contributed by atoms with Gasteiger partial charge in [-0.25, -0.2) is 9.37 Å². The molecule has 0 radical (unpaired) electrons. The average Bonchev–Trinajstić information content (AvgIpc) is 3.41. The third-order valence-corrected chi connectivity index (χ3v) is 5.60. The Balaban J connectivity index is 1.31. The predicted molar refractivity (Wildman–Crippen MR) is 104 cm³/mol. The lowest BCUT2D eigenvalue weighted by Gasteiger charge is -2.34. The topological polar surface area (TPSA) is 110 Å². The third-order valence-electron chi connectivity index (χ3n) is 5.60. The minimum Gasteiger partial charge on any atom is -0.461 e. The monoisotopic (exact) mass is 415 g/mol. The van der Waals surface area contributed by atoms with Crippen molar-refractivity contribution >= 4 is 35.8 Å². The summed E-state index contributed by atoms with van der Waals surface area (Å²) in [5.74, 6) is 0.0423. The second-order valence-corrected chi connectivity index (χ2v) is 7.47. The second-order valence-electron chi connectivity index (χ2n) is 7.47. The van der Waals surface area contributed by atoms with Crippen LogP contribution >= 0.6 is 0 Å². The van der Waals surface area contributed by atoms with Crippen LogP contribution in [0.5, 0.6) is 0 Å². The van der Waals surface area contributed by atoms with E-state index >= 15 is 0 Å². The fourth-order valence-corrected chi connectivity index (χ4v) is 3.80. The summed E-state index contributed by atoms with van der Waals surface area (Å²) in [6.45, 7) is 2.37. The van der Waals surface area contributed by atoms with Gasteiger partial charge in [-0.2, -0.15) is 0 Å². The Bertz CT molecular complexity index is 945. The fourth-order valence-electron chi connectivity index (χ4n) is 3.80. The Morgan fingerprint density at radius 2 is 1.90 bits per heavy atom. The predicted octanol–water partition coefficient (Wildman–Crippen LogP) is -1.05. The molecule has 11 heteroatoms. The van der Waals surface area contributed by atoms with Crippen LogP contribution in [0, 0.1) is 0 Å². The maximum Gasteiger partial charge on any atom is 0.333 e. The van der Waals surface area contributed by atoms with Gasteiger partial charge in [0, 0.05) is 40.3 Å². The van der Waals surface area contributed by atoms with E-state index in [1.54, 1.807) is 28.7 Å². The van der Waals surface area contributed by atoms with Crippen LogP contribution in [0.1, 0.15) is 10.6 Å². The molecule has 0 N–H and O–H groups in total. The molecule has 0 bridgehead atoms. The van der Waals surface area contributed by atoms with Gasteiger partial charge in [0.25, 0.3) is 30.0 Å². The summed E-state index contributed by atoms with van der Waals surface area (Å²) in [4.78, 5) is 59.8. The molecule has 3 aliphatic heterocycles. The summed E-state index contributed by atoms with van der Waals surface area (Å²) < 4.78 is 6.69. The number of piperazine rings is 1. The number of likely N-dealkylation sites (N-methyl/N-ethyl adjacent to an activating group) is 2. The molecule has 1 unspecified atom stereocenters. The quantitative estimate of drug-likeness (QED) is 0.449. The number of hydrogen-bond donors (Lipinski definition) is 0. The zero-order chi connectivity index (χ0) is 21.4. The van der Waals surface area contributed by atoms with Crippen LogP contribution in [0.4, 0.5) is 4.79 Å². The Labute approximate surface area is 172 Å². The molecule has 2 saturated heterocycles. The number of hydrogen-bond acceptors (Lipinski definition) is 7. The number of fused-ring (bicyclic) bond motifs is 1. The van der Waals surface area contributed by atoms with E-state index in [1.165, 1.54) is 24.5 Å². The van der Waals surface area contributed by atoms with Gasteiger partial charge in [0.15, 0.2) is 12.3 Å². The highest BCUT2D eigenvalue weighted by atomic mass is 16.3. The van der Waals surface area contributed by atoms with Gasteiger partial charge in [0.1, 0.15) is 0 Å². The van der Waals surface area contributed by atoms with Gasteiger partial charge in [0.05, 0.1) is 12.8 Å². The molecule has 11 nitrogen and oxygen atoms in total. The molecular weight excluding hydrogens is 392 g/mol. The number of carbonyl (C=O) groups is 4. The molecule has 0 spiro atoms. The molecule has 4 rings (SSSR count). The van der Waals surface area contributed by atoms with E-state index in [0.29, 0.717) is 37.8 Å². The SMILES string of the molecule is CN1C(=O)C2C(=NC=[N+]2CC(=O)N2CCN(CC(=O)c3ccco3)CC2)N(C)C1=O. The second kappa shape index (κ2) is 7.82. The summed E-state index contributed by atoms with van der Waals surface area (Å²) >= 11 is 0. The van der Waals surface area contributed by atoms with Crippen molar-refractivity contribution in [3.05, 3.63) is 24.2 Å². The maximum atomic E-state index is 12.8. The van der Waals surface area contributed by atoms with Crippen molar-refractivity contribution in [2.24, 2.45) is 4.99 Å². The summed E-state index contributed by atoms with van der Waals surface area (Å²) in [6, 6.07) is 2.10. The molecule has 1 aromatic heterocycles. The van der Waals surface area contributed by atoms with E-state index in [9.17, 15) is 19.2 Å². The van der Waals surface area contributed by atoms with E-state index in [0.717, 1.165) is 4.90 Å². The number of ketones is 1. The molecule has 0 aliphatic carbocycles. The number of carbonyl (C=O) groups excluding carboxylic acids is 4. The highest BCUT2D eigenvalue weighted by Gasteiger charge is 2.51. The standard InChI is InChI=1S/C19H23N6O5/c1-21-17-16(18(28)22(2)19(21)29)25(12-20-17)11-15(27)24-7-5-23(6-8-24)10-13(26)14-4-3-9-30-14/h3-4,9,12,16H,5-8,10-11H2,1-2H3/q+1. The van der Waals surface area contributed by atoms with E-state index in [1.807, 2.05) is 4.90 Å². The Morgan fingerprint density at radius 1 is 1.17 bits per heavy atom. The van der Waals surface area contributed by atoms with Gasteiger partial charge in [0.2, 0.25) is 5.78 Å². The highest BCUT2D eigenvalue weighted by Crippen LogP contribution is 2.17. The number of amidine groups is 1. The Kier molecular flexibility index (Phi) is 5.20. The first kappa shape index (κ1) is 20.0. The van der Waals surface area contributed by atoms with Gasteiger partial charge in [-0.1, -0.05) is 0 Å². The molecule has 30 heavy (non-hydrogen) atoms.